The van der Waals surface area contributed by atoms with Crippen molar-refractivity contribution < 1.29 is 9.53 Å². The number of hydrogen-bond donors (Lipinski definition) is 0. The zero-order valence-corrected chi connectivity index (χ0v) is 22.2. The van der Waals surface area contributed by atoms with Gasteiger partial charge in [0.15, 0.2) is 0 Å². The molecule has 1 heterocycles. The Bertz CT molecular complexity index is 1340. The monoisotopic (exact) mass is 490 g/mol. The van der Waals surface area contributed by atoms with Crippen molar-refractivity contribution in [1.29, 1.82) is 0 Å². The van der Waals surface area contributed by atoms with Crippen LogP contribution in [0.5, 0.6) is 5.75 Å². The number of hydrogen-bond acceptors (Lipinski definition) is 4. The highest BCUT2D eigenvalue weighted by Crippen LogP contribution is 2.53. The highest BCUT2D eigenvalue weighted by molar-refractivity contribution is 5.93. The first-order chi connectivity index (χ1) is 17.8. The molecule has 4 nitrogen and oxygen atoms in total. The van der Waals surface area contributed by atoms with Gasteiger partial charge in [-0.25, -0.2) is 0 Å². The molecule has 0 saturated carbocycles. The van der Waals surface area contributed by atoms with Gasteiger partial charge in [0.05, 0.1) is 0 Å². The van der Waals surface area contributed by atoms with Crippen molar-refractivity contribution in [2.45, 2.75) is 24.7 Å². The summed E-state index contributed by atoms with van der Waals surface area (Å²) in [6, 6.07) is 33.5. The maximum absolute atomic E-state index is 14.1. The minimum atomic E-state index is -0.912. The zero-order chi connectivity index (χ0) is 26.2. The van der Waals surface area contributed by atoms with Crippen molar-refractivity contribution in [2.75, 3.05) is 38.0 Å². The summed E-state index contributed by atoms with van der Waals surface area (Å²) in [5.74, 6) is 0.212. The molecule has 188 valence electrons. The summed E-state index contributed by atoms with van der Waals surface area (Å²) in [6.07, 6.45) is 0.540. The molecule has 1 atom stereocenters. The topological polar surface area (TPSA) is 32.8 Å². The Balaban J connectivity index is 1.76. The van der Waals surface area contributed by atoms with Crippen molar-refractivity contribution in [2.24, 2.45) is 0 Å². The highest BCUT2D eigenvalue weighted by atomic mass is 16.5. The molecule has 37 heavy (non-hydrogen) atoms. The summed E-state index contributed by atoms with van der Waals surface area (Å²) in [4.78, 5) is 18.3. The second-order valence-corrected chi connectivity index (χ2v) is 10.4. The second-order valence-electron chi connectivity index (χ2n) is 10.4. The van der Waals surface area contributed by atoms with Crippen LogP contribution >= 0.6 is 0 Å². The lowest BCUT2D eigenvalue weighted by atomic mass is 9.62. The van der Waals surface area contributed by atoms with Crippen molar-refractivity contribution in [3.63, 3.8) is 0 Å². The molecule has 0 amide bonds. The number of nitrogens with zero attached hydrogens (tertiary/aromatic N) is 2. The number of benzene rings is 4. The fraction of sp³-hybridized carbons (Fsp3) is 0.242. The predicted octanol–water partition coefficient (Wildman–Crippen LogP) is 6.36. The molecule has 0 saturated heterocycles. The average Bonchev–Trinajstić information content (AvgIpc) is 3.17. The van der Waals surface area contributed by atoms with E-state index >= 15 is 0 Å². The molecule has 1 aliphatic heterocycles. The van der Waals surface area contributed by atoms with E-state index in [4.69, 9.17) is 4.74 Å². The molecule has 4 heteroatoms. The van der Waals surface area contributed by atoms with E-state index < -0.39 is 5.41 Å². The molecule has 4 aromatic carbocycles. The molecular formula is C33H34N2O2. The Hall–Kier alpha value is -4.05. The third kappa shape index (κ3) is 4.48. The van der Waals surface area contributed by atoms with E-state index in [9.17, 15) is 4.79 Å². The summed E-state index contributed by atoms with van der Waals surface area (Å²) < 4.78 is 6.01. The van der Waals surface area contributed by atoms with Gasteiger partial charge in [0.2, 0.25) is 0 Å². The van der Waals surface area contributed by atoms with Gasteiger partial charge in [0.1, 0.15) is 11.2 Å². The highest BCUT2D eigenvalue weighted by Gasteiger charge is 2.55. The fourth-order valence-electron chi connectivity index (χ4n) is 5.49. The number of carbonyl (C=O) groups is 1. The van der Waals surface area contributed by atoms with E-state index in [0.29, 0.717) is 12.2 Å². The zero-order valence-electron chi connectivity index (χ0n) is 22.2. The maximum Gasteiger partial charge on any atom is 0.323 e. The van der Waals surface area contributed by atoms with Crippen LogP contribution in [0.25, 0.3) is 0 Å². The van der Waals surface area contributed by atoms with E-state index in [0.717, 1.165) is 33.6 Å². The molecule has 4 aromatic rings. The number of esters is 1. The molecule has 0 aliphatic carbocycles. The first-order valence-corrected chi connectivity index (χ1v) is 12.7. The number of aryl methyl sites for hydroxylation is 1. The predicted molar refractivity (Wildman–Crippen MR) is 152 cm³/mol. The molecule has 0 N–H and O–H groups in total. The lowest BCUT2D eigenvalue weighted by Crippen LogP contribution is -2.42. The van der Waals surface area contributed by atoms with Crippen LogP contribution in [-0.2, 0) is 16.6 Å². The van der Waals surface area contributed by atoms with E-state index in [1.54, 1.807) is 0 Å². The van der Waals surface area contributed by atoms with Crippen molar-refractivity contribution in [3.05, 3.63) is 125 Å². The minimum Gasteiger partial charge on any atom is -0.426 e. The van der Waals surface area contributed by atoms with Crippen LogP contribution in [0.15, 0.2) is 97.1 Å². The first kappa shape index (κ1) is 24.6. The molecule has 5 rings (SSSR count). The largest absolute Gasteiger partial charge is 0.426 e. The van der Waals surface area contributed by atoms with Crippen LogP contribution in [0.3, 0.4) is 0 Å². The van der Waals surface area contributed by atoms with Gasteiger partial charge in [-0.15, -0.1) is 0 Å². The lowest BCUT2D eigenvalue weighted by Gasteiger charge is -2.36. The minimum absolute atomic E-state index is 0.201. The SMILES string of the molecule is Cc1ccc(C[C@@]2(C(c3ccc(N(C)C)cc3)c3ccc(N(C)C)cc3)C(=O)Oc3ccccc32)cc1. The summed E-state index contributed by atoms with van der Waals surface area (Å²) in [5.41, 5.74) is 6.75. The van der Waals surface area contributed by atoms with Crippen molar-refractivity contribution >= 4 is 17.3 Å². The first-order valence-electron chi connectivity index (χ1n) is 12.7. The second kappa shape index (κ2) is 9.78. The summed E-state index contributed by atoms with van der Waals surface area (Å²) in [6.45, 7) is 2.08. The average molecular weight is 491 g/mol. The third-order valence-corrected chi connectivity index (χ3v) is 7.52. The molecule has 0 radical (unpaired) electrons. The molecule has 0 bridgehead atoms. The van der Waals surface area contributed by atoms with Crippen LogP contribution < -0.4 is 14.5 Å². The van der Waals surface area contributed by atoms with E-state index in [2.05, 4.69) is 95.6 Å². The van der Waals surface area contributed by atoms with Crippen LogP contribution in [0.1, 0.15) is 33.7 Å². The van der Waals surface area contributed by atoms with E-state index in [1.807, 2.05) is 46.4 Å². The molecule has 0 unspecified atom stereocenters. The molecule has 1 aliphatic rings. The number of anilines is 2. The van der Waals surface area contributed by atoms with Gasteiger partial charge in [-0.05, 0) is 60.4 Å². The Labute approximate surface area is 220 Å². The van der Waals surface area contributed by atoms with Gasteiger partial charge < -0.3 is 14.5 Å². The molecule has 0 spiro atoms. The summed E-state index contributed by atoms with van der Waals surface area (Å²) >= 11 is 0. The Morgan fingerprint density at radius 3 is 1.73 bits per heavy atom. The number of para-hydroxylation sites is 1. The van der Waals surface area contributed by atoms with Gasteiger partial charge in [0, 0.05) is 51.0 Å². The standard InChI is InChI=1S/C33H34N2O2/c1-23-10-12-24(13-11-23)22-33(29-8-6-7-9-30(29)37-32(33)36)31(25-14-18-27(19-15-25)34(2)3)26-16-20-28(21-17-26)35(4)5/h6-21,31H,22H2,1-5H3/t33-/m1/s1. The van der Waals surface area contributed by atoms with Crippen LogP contribution in [0.2, 0.25) is 0 Å². The maximum atomic E-state index is 14.1. The lowest BCUT2D eigenvalue weighted by molar-refractivity contribution is -0.138. The Morgan fingerprint density at radius 2 is 1.22 bits per heavy atom. The van der Waals surface area contributed by atoms with E-state index in [-0.39, 0.29) is 11.9 Å². The van der Waals surface area contributed by atoms with Gasteiger partial charge in [-0.2, -0.15) is 0 Å². The normalized spacial score (nSPS) is 16.4. The Kier molecular flexibility index (Phi) is 6.51. The van der Waals surface area contributed by atoms with Gasteiger partial charge in [0.25, 0.3) is 0 Å². The number of carbonyl (C=O) groups excluding carboxylic acids is 1. The van der Waals surface area contributed by atoms with Gasteiger partial charge in [-0.1, -0.05) is 72.3 Å². The van der Waals surface area contributed by atoms with E-state index in [1.165, 1.54) is 5.56 Å². The van der Waals surface area contributed by atoms with Crippen LogP contribution in [0.4, 0.5) is 11.4 Å². The number of rotatable bonds is 7. The number of ether oxygens (including phenoxy) is 1. The Morgan fingerprint density at radius 1 is 0.703 bits per heavy atom. The molecule has 0 fully saturated rings. The van der Waals surface area contributed by atoms with Gasteiger partial charge in [-0.3, -0.25) is 4.79 Å². The van der Waals surface area contributed by atoms with Crippen LogP contribution in [0, 0.1) is 6.92 Å². The smallest absolute Gasteiger partial charge is 0.323 e. The fourth-order valence-corrected chi connectivity index (χ4v) is 5.49. The molecule has 0 aromatic heterocycles. The number of fused-ring (bicyclic) bond motifs is 1. The van der Waals surface area contributed by atoms with Crippen molar-refractivity contribution in [1.82, 2.24) is 0 Å². The summed E-state index contributed by atoms with van der Waals surface area (Å²) in [7, 11) is 8.15. The quantitative estimate of drug-likeness (QED) is 0.223. The van der Waals surface area contributed by atoms with Crippen LogP contribution in [-0.4, -0.2) is 34.2 Å². The third-order valence-electron chi connectivity index (χ3n) is 7.52. The summed E-state index contributed by atoms with van der Waals surface area (Å²) in [5, 5.41) is 0. The van der Waals surface area contributed by atoms with Gasteiger partial charge >= 0.3 is 5.97 Å². The van der Waals surface area contributed by atoms with Crippen molar-refractivity contribution in [3.8, 4) is 5.75 Å². The molecular weight excluding hydrogens is 456 g/mol.